The van der Waals surface area contributed by atoms with E-state index in [1.165, 1.54) is 38.2 Å². The van der Waals surface area contributed by atoms with Crippen LogP contribution >= 0.6 is 0 Å². The van der Waals surface area contributed by atoms with E-state index in [1.54, 1.807) is 53.7 Å². The molecule has 66 heavy (non-hydrogen) atoms. The van der Waals surface area contributed by atoms with Gasteiger partial charge in [-0.05, 0) is 82.7 Å². The molecule has 3 aromatic carbocycles. The first-order valence-corrected chi connectivity index (χ1v) is 21.5. The van der Waals surface area contributed by atoms with Crippen molar-refractivity contribution in [2.75, 3.05) is 44.2 Å². The van der Waals surface area contributed by atoms with Crippen molar-refractivity contribution in [1.29, 1.82) is 0 Å². The van der Waals surface area contributed by atoms with Crippen molar-refractivity contribution < 1.29 is 57.6 Å². The number of unbranched alkanes of at least 4 members (excludes halogenated alkanes) is 2. The number of amides is 6. The lowest BCUT2D eigenvalue weighted by Gasteiger charge is -2.31. The van der Waals surface area contributed by atoms with Crippen LogP contribution < -0.4 is 39.8 Å². The van der Waals surface area contributed by atoms with Crippen LogP contribution in [0.3, 0.4) is 0 Å². The Balaban J connectivity index is 0.975. The van der Waals surface area contributed by atoms with Gasteiger partial charge in [0, 0.05) is 36.4 Å². The first-order chi connectivity index (χ1) is 31.8. The summed E-state index contributed by atoms with van der Waals surface area (Å²) in [5.41, 5.74) is 4.07. The molecule has 0 aliphatic carbocycles. The molecule has 0 spiro atoms. The zero-order valence-electron chi connectivity index (χ0n) is 37.3. The number of aliphatic hydroxyl groups is 1. The molecule has 4 heterocycles. The summed E-state index contributed by atoms with van der Waals surface area (Å²) in [6.07, 6.45) is 6.34. The van der Waals surface area contributed by atoms with Gasteiger partial charge in [-0.3, -0.25) is 29.0 Å². The van der Waals surface area contributed by atoms with E-state index in [2.05, 4.69) is 20.9 Å². The molecule has 19 heteroatoms. The number of aliphatic imine (C=N–C) groups is 1. The number of rotatable bonds is 18. The molecule has 3 aromatic rings. The number of hydrogen-bond donors (Lipinski definition) is 4. The minimum atomic E-state index is -1.49. The fourth-order valence-corrected chi connectivity index (χ4v) is 8.06. The smallest absolute Gasteiger partial charge is 0.416 e. The maximum atomic E-state index is 14.0. The standard InChI is InChI=1S/C47H53N7O12/c1-27-15-32-21-49-35-19-40(38(62-4)17-33(35)44(58)52(32)23-27)64-13-7-6-8-14-65-41-20-36-34(18-39(41)63-5)45(59)53-24-28(2)16-37(53)46(60)54(36)47(61)66-25-30-9-11-31(12-10-30)51-43(57)29(3)50-42(56)22-48-26-55/h9-12,17-21,23-24,26,29,32,37,46,60H,6-8,13-16,22,25H2,1-5H3,(H,48,55)(H,50,56)(H,51,57). The second kappa shape index (κ2) is 20.6. The summed E-state index contributed by atoms with van der Waals surface area (Å²) >= 11 is 0. The predicted octanol–water partition coefficient (Wildman–Crippen LogP) is 4.95. The van der Waals surface area contributed by atoms with Crippen molar-refractivity contribution in [3.63, 3.8) is 0 Å². The zero-order chi connectivity index (χ0) is 47.1. The van der Waals surface area contributed by atoms with Crippen molar-refractivity contribution in [3.05, 3.63) is 88.8 Å². The molecule has 4 atom stereocenters. The minimum Gasteiger partial charge on any atom is -0.493 e. The summed E-state index contributed by atoms with van der Waals surface area (Å²) in [4.78, 5) is 85.0. The lowest BCUT2D eigenvalue weighted by Crippen LogP contribution is -2.50. The lowest BCUT2D eigenvalue weighted by molar-refractivity contribution is -0.126. The molecule has 0 bridgehead atoms. The molecule has 19 nitrogen and oxygen atoms in total. The first kappa shape index (κ1) is 46.6. The number of ether oxygens (including phenoxy) is 5. The number of nitrogens with one attached hydrogen (secondary N) is 3. The molecule has 4 aliphatic heterocycles. The summed E-state index contributed by atoms with van der Waals surface area (Å²) in [5.74, 6) is -0.179. The largest absolute Gasteiger partial charge is 0.493 e. The maximum absolute atomic E-state index is 14.0. The van der Waals surface area contributed by atoms with Gasteiger partial charge in [-0.1, -0.05) is 23.3 Å². The summed E-state index contributed by atoms with van der Waals surface area (Å²) in [6.45, 7) is 5.45. The second-order valence-corrected chi connectivity index (χ2v) is 16.3. The number of methoxy groups -OCH3 is 2. The third-order valence-corrected chi connectivity index (χ3v) is 11.4. The SMILES string of the molecule is COc1cc2c(cc1OCCCCCOc1cc3c(cc1OC)C(=O)N1C=C(C)CC1C(O)N3C(=O)OCc1ccc(NC(=O)C(C)NC(=O)CNC=O)cc1)N=CC1CC(C)=CN1C2=O. The van der Waals surface area contributed by atoms with Crippen molar-refractivity contribution in [1.82, 2.24) is 20.4 Å². The fourth-order valence-electron chi connectivity index (χ4n) is 8.06. The Bertz CT molecular complexity index is 2470. The highest BCUT2D eigenvalue weighted by Crippen LogP contribution is 2.42. The number of nitrogens with zero attached hydrogens (tertiary/aromatic N) is 4. The number of hydrogen-bond acceptors (Lipinski definition) is 13. The van der Waals surface area contributed by atoms with Gasteiger partial charge in [-0.15, -0.1) is 0 Å². The Labute approximate surface area is 381 Å². The molecular formula is C47H53N7O12. The summed E-state index contributed by atoms with van der Waals surface area (Å²) in [6, 6.07) is 11.1. The molecule has 6 amide bonds. The van der Waals surface area contributed by atoms with Crippen LogP contribution in [-0.4, -0.2) is 116 Å². The molecule has 4 unspecified atom stereocenters. The van der Waals surface area contributed by atoms with Crippen LogP contribution in [0.15, 0.2) is 77.1 Å². The Morgan fingerprint density at radius 3 is 2.17 bits per heavy atom. The van der Waals surface area contributed by atoms with Gasteiger partial charge in [0.1, 0.15) is 12.6 Å². The molecule has 4 N–H and O–H groups in total. The van der Waals surface area contributed by atoms with E-state index in [1.807, 2.05) is 20.0 Å². The topological polar surface area (TPSA) is 227 Å². The van der Waals surface area contributed by atoms with E-state index in [0.29, 0.717) is 72.7 Å². The van der Waals surface area contributed by atoms with E-state index >= 15 is 0 Å². The van der Waals surface area contributed by atoms with Gasteiger partial charge in [0.15, 0.2) is 29.2 Å². The Hall–Kier alpha value is -7.41. The summed E-state index contributed by atoms with van der Waals surface area (Å²) in [5, 5.41) is 19.2. The molecule has 0 fully saturated rings. The molecule has 7 rings (SSSR count). The third-order valence-electron chi connectivity index (χ3n) is 11.4. The number of fused-ring (bicyclic) bond motifs is 4. The van der Waals surface area contributed by atoms with Crippen LogP contribution in [0.4, 0.5) is 21.9 Å². The van der Waals surface area contributed by atoms with Crippen molar-refractivity contribution in [2.24, 2.45) is 4.99 Å². The van der Waals surface area contributed by atoms with E-state index in [0.717, 1.165) is 22.5 Å². The van der Waals surface area contributed by atoms with Crippen LogP contribution in [0.1, 0.15) is 79.2 Å². The van der Waals surface area contributed by atoms with Crippen molar-refractivity contribution in [2.45, 2.75) is 83.8 Å². The Kier molecular flexibility index (Phi) is 14.5. The number of carbonyl (C=O) groups excluding carboxylic acids is 6. The van der Waals surface area contributed by atoms with Gasteiger partial charge in [-0.2, -0.15) is 0 Å². The fraction of sp³-hybridized carbons (Fsp3) is 0.383. The van der Waals surface area contributed by atoms with Crippen LogP contribution in [0.25, 0.3) is 0 Å². The molecule has 0 saturated carbocycles. The van der Waals surface area contributed by atoms with E-state index in [9.17, 15) is 33.9 Å². The van der Waals surface area contributed by atoms with Crippen LogP contribution in [0, 0.1) is 0 Å². The predicted molar refractivity (Wildman–Crippen MR) is 241 cm³/mol. The van der Waals surface area contributed by atoms with Crippen LogP contribution in [0.2, 0.25) is 0 Å². The molecule has 0 aromatic heterocycles. The number of benzene rings is 3. The number of anilines is 2. The number of carbonyl (C=O) groups is 6. The maximum Gasteiger partial charge on any atom is 0.416 e. The van der Waals surface area contributed by atoms with Gasteiger partial charge in [0.2, 0.25) is 18.2 Å². The van der Waals surface area contributed by atoms with Crippen LogP contribution in [-0.2, 0) is 25.7 Å². The zero-order valence-corrected chi connectivity index (χ0v) is 37.3. The average Bonchev–Trinajstić information content (AvgIpc) is 3.85. The van der Waals surface area contributed by atoms with Gasteiger partial charge in [0.25, 0.3) is 11.8 Å². The molecule has 0 radical (unpaired) electrons. The quantitative estimate of drug-likeness (QED) is 0.0983. The first-order valence-electron chi connectivity index (χ1n) is 21.5. The van der Waals surface area contributed by atoms with Gasteiger partial charge in [-0.25, -0.2) is 9.69 Å². The lowest BCUT2D eigenvalue weighted by atomic mass is 10.1. The van der Waals surface area contributed by atoms with E-state index in [-0.39, 0.29) is 54.5 Å². The highest BCUT2D eigenvalue weighted by molar-refractivity contribution is 6.07. The Morgan fingerprint density at radius 2 is 1.48 bits per heavy atom. The van der Waals surface area contributed by atoms with Crippen LogP contribution in [0.5, 0.6) is 23.0 Å². The molecule has 348 valence electrons. The highest BCUT2D eigenvalue weighted by Gasteiger charge is 2.45. The molecule has 0 saturated heterocycles. The molecule has 4 aliphatic rings. The van der Waals surface area contributed by atoms with E-state index < -0.39 is 42.1 Å². The monoisotopic (exact) mass is 907 g/mol. The number of aliphatic hydroxyl groups excluding tert-OH is 1. The second-order valence-electron chi connectivity index (χ2n) is 16.3. The van der Waals surface area contributed by atoms with Gasteiger partial charge < -0.3 is 54.5 Å². The van der Waals surface area contributed by atoms with Crippen molar-refractivity contribution in [3.8, 4) is 23.0 Å². The van der Waals surface area contributed by atoms with Crippen molar-refractivity contribution >= 4 is 59.4 Å². The van der Waals surface area contributed by atoms with Gasteiger partial charge >= 0.3 is 6.09 Å². The summed E-state index contributed by atoms with van der Waals surface area (Å²) < 4.78 is 29.2. The highest BCUT2D eigenvalue weighted by atomic mass is 16.6. The molecular weight excluding hydrogens is 855 g/mol. The summed E-state index contributed by atoms with van der Waals surface area (Å²) in [7, 11) is 2.97. The van der Waals surface area contributed by atoms with Gasteiger partial charge in [0.05, 0.1) is 68.6 Å². The average molecular weight is 908 g/mol. The van der Waals surface area contributed by atoms with E-state index in [4.69, 9.17) is 23.7 Å². The third kappa shape index (κ3) is 10.3. The normalized spacial score (nSPS) is 18.6. The minimum absolute atomic E-state index is 0.0797. The Morgan fingerprint density at radius 1 is 0.848 bits per heavy atom.